The van der Waals surface area contributed by atoms with Crippen molar-refractivity contribution in [1.29, 1.82) is 0 Å². The lowest BCUT2D eigenvalue weighted by molar-refractivity contribution is -0.116. The summed E-state index contributed by atoms with van der Waals surface area (Å²) in [5, 5.41) is 2.76. The van der Waals surface area contributed by atoms with Gasteiger partial charge in [0.15, 0.2) is 0 Å². The van der Waals surface area contributed by atoms with Gasteiger partial charge in [-0.2, -0.15) is 0 Å². The number of nitrogens with zero attached hydrogens (tertiary/aromatic N) is 1. The van der Waals surface area contributed by atoms with E-state index in [1.165, 1.54) is 4.90 Å². The third-order valence-corrected chi connectivity index (χ3v) is 4.15. The zero-order valence-electron chi connectivity index (χ0n) is 13.7. The van der Waals surface area contributed by atoms with Crippen LogP contribution in [-0.4, -0.2) is 29.2 Å². The molecule has 1 aliphatic heterocycles. The molecule has 0 fully saturated rings. The van der Waals surface area contributed by atoms with E-state index in [0.717, 1.165) is 0 Å². The van der Waals surface area contributed by atoms with E-state index in [4.69, 9.17) is 5.73 Å². The molecule has 0 aliphatic carbocycles. The number of nitrogen functional groups attached to an aromatic ring is 1. The normalized spacial score (nSPS) is 13.0. The first-order valence-electron chi connectivity index (χ1n) is 8.17. The van der Waals surface area contributed by atoms with Gasteiger partial charge in [0.25, 0.3) is 11.8 Å². The molecule has 1 heterocycles. The molecule has 3 amide bonds. The van der Waals surface area contributed by atoms with Crippen LogP contribution in [0.3, 0.4) is 0 Å². The van der Waals surface area contributed by atoms with Crippen molar-refractivity contribution in [1.82, 2.24) is 4.90 Å². The molecule has 0 atom stereocenters. The van der Waals surface area contributed by atoms with Gasteiger partial charge in [0.05, 0.1) is 22.5 Å². The average Bonchev–Trinajstić information content (AvgIpc) is 2.86. The fourth-order valence-electron chi connectivity index (χ4n) is 2.82. The predicted molar refractivity (Wildman–Crippen MR) is 95.1 cm³/mol. The van der Waals surface area contributed by atoms with Crippen LogP contribution in [0.15, 0.2) is 48.5 Å². The second kappa shape index (κ2) is 7.17. The number of nitrogens with one attached hydrogen (secondary N) is 1. The quantitative estimate of drug-likeness (QED) is 0.481. The number of anilines is 2. The van der Waals surface area contributed by atoms with Crippen LogP contribution in [0.4, 0.5) is 11.4 Å². The molecule has 0 radical (unpaired) electrons. The smallest absolute Gasteiger partial charge is 0.261 e. The highest BCUT2D eigenvalue weighted by atomic mass is 16.2. The zero-order valence-corrected chi connectivity index (χ0v) is 13.7. The van der Waals surface area contributed by atoms with Crippen molar-refractivity contribution >= 4 is 29.1 Å². The Morgan fingerprint density at radius 3 is 2.16 bits per heavy atom. The number of carbonyl (C=O) groups is 3. The standard InChI is InChI=1S/C19H19N3O3/c20-15-9-3-4-10-16(15)21-17(23)11-5-6-12-22-18(24)13-7-1-2-8-14(13)19(22)25/h1-4,7-10H,5-6,11-12,20H2,(H,21,23). The molecule has 6 heteroatoms. The lowest BCUT2D eigenvalue weighted by atomic mass is 10.1. The molecule has 0 spiro atoms. The minimum Gasteiger partial charge on any atom is -0.397 e. The molecule has 25 heavy (non-hydrogen) atoms. The molecule has 0 unspecified atom stereocenters. The van der Waals surface area contributed by atoms with Gasteiger partial charge in [-0.25, -0.2) is 0 Å². The van der Waals surface area contributed by atoms with Gasteiger partial charge < -0.3 is 11.1 Å². The number of amides is 3. The number of fused-ring (bicyclic) bond motifs is 1. The lowest BCUT2D eigenvalue weighted by Crippen LogP contribution is -2.30. The van der Waals surface area contributed by atoms with Gasteiger partial charge in [0.1, 0.15) is 0 Å². The number of rotatable bonds is 6. The summed E-state index contributed by atoms with van der Waals surface area (Å²) in [5.74, 6) is -0.663. The van der Waals surface area contributed by atoms with E-state index < -0.39 is 0 Å². The van der Waals surface area contributed by atoms with Gasteiger partial charge in [-0.3, -0.25) is 19.3 Å². The first-order chi connectivity index (χ1) is 12.1. The first kappa shape index (κ1) is 16.7. The summed E-state index contributed by atoms with van der Waals surface area (Å²) in [6.45, 7) is 0.313. The Labute approximate surface area is 145 Å². The van der Waals surface area contributed by atoms with Gasteiger partial charge in [-0.05, 0) is 37.1 Å². The molecule has 0 saturated heterocycles. The molecule has 2 aromatic rings. The van der Waals surface area contributed by atoms with Crippen molar-refractivity contribution in [2.45, 2.75) is 19.3 Å². The maximum absolute atomic E-state index is 12.2. The average molecular weight is 337 g/mol. The summed E-state index contributed by atoms with van der Waals surface area (Å²) in [6.07, 6.45) is 1.45. The van der Waals surface area contributed by atoms with E-state index in [2.05, 4.69) is 5.32 Å². The van der Waals surface area contributed by atoms with Crippen LogP contribution in [0.25, 0.3) is 0 Å². The second-order valence-electron chi connectivity index (χ2n) is 5.90. The Bertz CT molecular complexity index is 797. The molecule has 3 N–H and O–H groups in total. The van der Waals surface area contributed by atoms with E-state index in [1.807, 2.05) is 0 Å². The predicted octanol–water partition coefficient (Wildman–Crippen LogP) is 2.67. The van der Waals surface area contributed by atoms with E-state index in [-0.39, 0.29) is 17.7 Å². The van der Waals surface area contributed by atoms with Crippen LogP contribution in [0.2, 0.25) is 0 Å². The summed E-state index contributed by atoms with van der Waals surface area (Å²) in [5.41, 5.74) is 7.79. The van der Waals surface area contributed by atoms with Crippen LogP contribution in [0.5, 0.6) is 0 Å². The molecule has 3 rings (SSSR count). The summed E-state index contributed by atoms with van der Waals surface area (Å²) in [7, 11) is 0. The van der Waals surface area contributed by atoms with Crippen molar-refractivity contribution in [3.8, 4) is 0 Å². The summed E-state index contributed by atoms with van der Waals surface area (Å²) >= 11 is 0. The number of nitrogens with two attached hydrogens (primary N) is 1. The highest BCUT2D eigenvalue weighted by Crippen LogP contribution is 2.23. The number of para-hydroxylation sites is 2. The zero-order chi connectivity index (χ0) is 17.8. The van der Waals surface area contributed by atoms with E-state index in [9.17, 15) is 14.4 Å². The first-order valence-corrected chi connectivity index (χ1v) is 8.17. The van der Waals surface area contributed by atoms with E-state index in [0.29, 0.717) is 48.3 Å². The Balaban J connectivity index is 1.46. The van der Waals surface area contributed by atoms with Gasteiger partial charge >= 0.3 is 0 Å². The Kier molecular flexibility index (Phi) is 4.79. The second-order valence-corrected chi connectivity index (χ2v) is 5.90. The van der Waals surface area contributed by atoms with E-state index in [1.54, 1.807) is 48.5 Å². The molecular weight excluding hydrogens is 318 g/mol. The van der Waals surface area contributed by atoms with Crippen molar-refractivity contribution in [2.24, 2.45) is 0 Å². The van der Waals surface area contributed by atoms with Gasteiger partial charge in [-0.1, -0.05) is 24.3 Å². The van der Waals surface area contributed by atoms with Crippen LogP contribution >= 0.6 is 0 Å². The fourth-order valence-corrected chi connectivity index (χ4v) is 2.82. The van der Waals surface area contributed by atoms with Crippen LogP contribution in [0, 0.1) is 0 Å². The highest BCUT2D eigenvalue weighted by molar-refractivity contribution is 6.21. The molecule has 1 aliphatic rings. The number of hydrogen-bond acceptors (Lipinski definition) is 4. The largest absolute Gasteiger partial charge is 0.397 e. The van der Waals surface area contributed by atoms with Gasteiger partial charge in [0.2, 0.25) is 5.91 Å². The van der Waals surface area contributed by atoms with Crippen molar-refractivity contribution in [2.75, 3.05) is 17.6 Å². The Morgan fingerprint density at radius 1 is 0.920 bits per heavy atom. The van der Waals surface area contributed by atoms with Gasteiger partial charge in [0, 0.05) is 13.0 Å². The fraction of sp³-hybridized carbons (Fsp3) is 0.211. The molecule has 0 aromatic heterocycles. The molecule has 2 aromatic carbocycles. The Hall–Kier alpha value is -3.15. The molecule has 0 saturated carbocycles. The monoisotopic (exact) mass is 337 g/mol. The summed E-state index contributed by atoms with van der Waals surface area (Å²) < 4.78 is 0. The van der Waals surface area contributed by atoms with Crippen molar-refractivity contribution < 1.29 is 14.4 Å². The molecule has 0 bridgehead atoms. The SMILES string of the molecule is Nc1ccccc1NC(=O)CCCCN1C(=O)c2ccccc2C1=O. The maximum atomic E-state index is 12.2. The van der Waals surface area contributed by atoms with Crippen LogP contribution in [-0.2, 0) is 4.79 Å². The third-order valence-electron chi connectivity index (χ3n) is 4.15. The topological polar surface area (TPSA) is 92.5 Å². The van der Waals surface area contributed by atoms with Gasteiger partial charge in [-0.15, -0.1) is 0 Å². The molecular formula is C19H19N3O3. The summed E-state index contributed by atoms with van der Waals surface area (Å²) in [4.78, 5) is 37.7. The highest BCUT2D eigenvalue weighted by Gasteiger charge is 2.34. The Morgan fingerprint density at radius 2 is 1.52 bits per heavy atom. The number of imide groups is 1. The maximum Gasteiger partial charge on any atom is 0.261 e. The number of carbonyl (C=O) groups excluding carboxylic acids is 3. The number of benzene rings is 2. The van der Waals surface area contributed by atoms with Crippen LogP contribution in [0.1, 0.15) is 40.0 Å². The minimum atomic E-state index is -0.262. The summed E-state index contributed by atoms with van der Waals surface area (Å²) in [6, 6.07) is 13.9. The van der Waals surface area contributed by atoms with Crippen LogP contribution < -0.4 is 11.1 Å². The third kappa shape index (κ3) is 3.52. The minimum absolute atomic E-state index is 0.139. The number of unbranched alkanes of at least 4 members (excludes halogenated alkanes) is 1. The lowest BCUT2D eigenvalue weighted by Gasteiger charge is -2.13. The molecule has 128 valence electrons. The molecule has 6 nitrogen and oxygen atoms in total. The number of hydrogen-bond donors (Lipinski definition) is 2. The van der Waals surface area contributed by atoms with Crippen molar-refractivity contribution in [3.05, 3.63) is 59.7 Å². The van der Waals surface area contributed by atoms with E-state index >= 15 is 0 Å². The van der Waals surface area contributed by atoms with Crippen molar-refractivity contribution in [3.63, 3.8) is 0 Å².